The first kappa shape index (κ1) is 12.9. The number of halogens is 4. The fourth-order valence-corrected chi connectivity index (χ4v) is 1.97. The molecule has 0 radical (unpaired) electrons. The lowest BCUT2D eigenvalue weighted by molar-refractivity contribution is 0.548. The number of hydrogen-bond donors (Lipinski definition) is 1. The van der Waals surface area contributed by atoms with Crippen molar-refractivity contribution in [3.05, 3.63) is 58.4 Å². The molecule has 0 saturated heterocycles. The van der Waals surface area contributed by atoms with Gasteiger partial charge in [0.25, 0.3) is 0 Å². The van der Waals surface area contributed by atoms with Crippen molar-refractivity contribution >= 4 is 11.6 Å². The van der Waals surface area contributed by atoms with Crippen molar-refractivity contribution in [2.75, 3.05) is 0 Å². The van der Waals surface area contributed by atoms with Crippen LogP contribution in [0.4, 0.5) is 13.2 Å². The average Bonchev–Trinajstić information content (AvgIpc) is 2.29. The Morgan fingerprint density at radius 3 is 2.17 bits per heavy atom. The molecule has 0 heterocycles. The molecule has 5 heteroatoms. The molecule has 0 bridgehead atoms. The molecule has 2 rings (SSSR count). The van der Waals surface area contributed by atoms with Gasteiger partial charge in [0, 0.05) is 23.7 Å². The van der Waals surface area contributed by atoms with Crippen LogP contribution in [0.1, 0.15) is 5.56 Å². The highest BCUT2D eigenvalue weighted by Crippen LogP contribution is 2.31. The van der Waals surface area contributed by atoms with E-state index in [0.29, 0.717) is 22.7 Å². The number of hydrogen-bond acceptors (Lipinski definition) is 1. The van der Waals surface area contributed by atoms with Gasteiger partial charge in [0.1, 0.15) is 17.5 Å². The Labute approximate surface area is 107 Å². The van der Waals surface area contributed by atoms with Crippen LogP contribution in [-0.2, 0) is 6.54 Å². The van der Waals surface area contributed by atoms with Gasteiger partial charge >= 0.3 is 0 Å². The largest absolute Gasteiger partial charge is 0.326 e. The van der Waals surface area contributed by atoms with Gasteiger partial charge in [-0.15, -0.1) is 0 Å². The number of rotatable bonds is 2. The summed E-state index contributed by atoms with van der Waals surface area (Å²) in [6, 6.07) is 5.75. The van der Waals surface area contributed by atoms with Crippen molar-refractivity contribution in [3.8, 4) is 11.1 Å². The predicted octanol–water partition coefficient (Wildman–Crippen LogP) is 3.88. The smallest absolute Gasteiger partial charge is 0.136 e. The molecular weight excluding hydrogens is 263 g/mol. The molecule has 0 atom stereocenters. The maximum Gasteiger partial charge on any atom is 0.136 e. The zero-order chi connectivity index (χ0) is 13.3. The molecule has 0 aliphatic carbocycles. The van der Waals surface area contributed by atoms with Crippen LogP contribution >= 0.6 is 11.6 Å². The van der Waals surface area contributed by atoms with Gasteiger partial charge in [0.15, 0.2) is 0 Å². The predicted molar refractivity (Wildman–Crippen MR) is 64.7 cm³/mol. The Balaban J connectivity index is 2.69. The minimum atomic E-state index is -0.968. The quantitative estimate of drug-likeness (QED) is 0.881. The summed E-state index contributed by atoms with van der Waals surface area (Å²) in [4.78, 5) is 0. The van der Waals surface area contributed by atoms with E-state index in [1.54, 1.807) is 0 Å². The van der Waals surface area contributed by atoms with Crippen molar-refractivity contribution in [1.82, 2.24) is 0 Å². The molecule has 0 aromatic heterocycles. The van der Waals surface area contributed by atoms with Crippen LogP contribution in [-0.4, -0.2) is 0 Å². The van der Waals surface area contributed by atoms with Crippen LogP contribution in [0, 0.1) is 17.5 Å². The molecule has 2 aromatic carbocycles. The Kier molecular flexibility index (Phi) is 3.59. The lowest BCUT2D eigenvalue weighted by Crippen LogP contribution is -2.01. The SMILES string of the molecule is NCc1cc(Cl)ccc1-c1c(F)cc(F)cc1F. The van der Waals surface area contributed by atoms with Crippen LogP contribution < -0.4 is 5.73 Å². The third kappa shape index (κ3) is 2.35. The van der Waals surface area contributed by atoms with Gasteiger partial charge in [-0.25, -0.2) is 13.2 Å². The minimum Gasteiger partial charge on any atom is -0.326 e. The average molecular weight is 272 g/mol. The standard InChI is InChI=1S/C13H9ClF3N/c14-8-1-2-10(7(3-8)6-18)13-11(16)4-9(15)5-12(13)17/h1-5H,6,18H2. The molecule has 1 nitrogen and oxygen atoms in total. The van der Waals surface area contributed by atoms with E-state index in [9.17, 15) is 13.2 Å². The zero-order valence-electron chi connectivity index (χ0n) is 9.18. The van der Waals surface area contributed by atoms with E-state index in [1.165, 1.54) is 18.2 Å². The second-order valence-corrected chi connectivity index (χ2v) is 4.19. The van der Waals surface area contributed by atoms with Crippen LogP contribution in [0.25, 0.3) is 11.1 Å². The summed E-state index contributed by atoms with van der Waals surface area (Å²) in [7, 11) is 0. The number of benzene rings is 2. The first-order chi connectivity index (χ1) is 8.52. The molecule has 94 valence electrons. The summed E-state index contributed by atoms with van der Waals surface area (Å²) in [5, 5.41) is 0.419. The third-order valence-electron chi connectivity index (χ3n) is 2.56. The van der Waals surface area contributed by atoms with E-state index < -0.39 is 17.5 Å². The normalized spacial score (nSPS) is 10.7. The summed E-state index contributed by atoms with van der Waals surface area (Å²) in [5.74, 6) is -2.90. The molecule has 0 spiro atoms. The highest BCUT2D eigenvalue weighted by Gasteiger charge is 2.16. The maximum absolute atomic E-state index is 13.7. The molecule has 2 N–H and O–H groups in total. The van der Waals surface area contributed by atoms with E-state index in [1.807, 2.05) is 0 Å². The Morgan fingerprint density at radius 2 is 1.61 bits per heavy atom. The lowest BCUT2D eigenvalue weighted by Gasteiger charge is -2.10. The van der Waals surface area contributed by atoms with Crippen molar-refractivity contribution in [2.45, 2.75) is 6.54 Å². The van der Waals surface area contributed by atoms with Gasteiger partial charge in [-0.05, 0) is 23.3 Å². The lowest BCUT2D eigenvalue weighted by atomic mass is 9.98. The first-order valence-corrected chi connectivity index (χ1v) is 5.54. The van der Waals surface area contributed by atoms with Crippen LogP contribution in [0.2, 0.25) is 5.02 Å². The summed E-state index contributed by atoms with van der Waals surface area (Å²) in [5.41, 5.74) is 5.98. The second kappa shape index (κ2) is 5.00. The Morgan fingerprint density at radius 1 is 1.00 bits per heavy atom. The molecular formula is C13H9ClF3N. The molecule has 0 unspecified atom stereocenters. The minimum absolute atomic E-state index is 0.0755. The molecule has 0 amide bonds. The monoisotopic (exact) mass is 271 g/mol. The Bertz CT molecular complexity index is 576. The van der Waals surface area contributed by atoms with Gasteiger partial charge < -0.3 is 5.73 Å². The molecule has 0 fully saturated rings. The summed E-state index contributed by atoms with van der Waals surface area (Å²) in [6.07, 6.45) is 0. The van der Waals surface area contributed by atoms with Gasteiger partial charge in [-0.3, -0.25) is 0 Å². The fourth-order valence-electron chi connectivity index (χ4n) is 1.77. The Hall–Kier alpha value is -1.52. The highest BCUT2D eigenvalue weighted by atomic mass is 35.5. The first-order valence-electron chi connectivity index (χ1n) is 5.16. The second-order valence-electron chi connectivity index (χ2n) is 3.75. The van der Waals surface area contributed by atoms with Gasteiger partial charge in [0.05, 0.1) is 5.56 Å². The molecule has 0 aliphatic heterocycles. The summed E-state index contributed by atoms with van der Waals surface area (Å²) in [6.45, 7) is 0.0755. The maximum atomic E-state index is 13.7. The molecule has 18 heavy (non-hydrogen) atoms. The van der Waals surface area contributed by atoms with E-state index in [2.05, 4.69) is 0 Å². The highest BCUT2D eigenvalue weighted by molar-refractivity contribution is 6.30. The van der Waals surface area contributed by atoms with Crippen LogP contribution in [0.3, 0.4) is 0 Å². The van der Waals surface area contributed by atoms with Crippen molar-refractivity contribution in [1.29, 1.82) is 0 Å². The van der Waals surface area contributed by atoms with Crippen molar-refractivity contribution in [2.24, 2.45) is 5.73 Å². The molecule has 2 aromatic rings. The van der Waals surface area contributed by atoms with Crippen molar-refractivity contribution < 1.29 is 13.2 Å². The van der Waals surface area contributed by atoms with E-state index in [4.69, 9.17) is 17.3 Å². The van der Waals surface area contributed by atoms with Crippen LogP contribution in [0.5, 0.6) is 0 Å². The summed E-state index contributed by atoms with van der Waals surface area (Å²) >= 11 is 5.78. The van der Waals surface area contributed by atoms with Crippen molar-refractivity contribution in [3.63, 3.8) is 0 Å². The van der Waals surface area contributed by atoms with Crippen LogP contribution in [0.15, 0.2) is 30.3 Å². The third-order valence-corrected chi connectivity index (χ3v) is 2.80. The van der Waals surface area contributed by atoms with E-state index >= 15 is 0 Å². The van der Waals surface area contributed by atoms with E-state index in [-0.39, 0.29) is 17.7 Å². The summed E-state index contributed by atoms with van der Waals surface area (Å²) < 4.78 is 40.2. The van der Waals surface area contributed by atoms with Gasteiger partial charge in [0.2, 0.25) is 0 Å². The van der Waals surface area contributed by atoms with E-state index in [0.717, 1.165) is 0 Å². The molecule has 0 saturated carbocycles. The van der Waals surface area contributed by atoms with Gasteiger partial charge in [-0.1, -0.05) is 17.7 Å². The molecule has 0 aliphatic rings. The zero-order valence-corrected chi connectivity index (χ0v) is 9.94. The van der Waals surface area contributed by atoms with Gasteiger partial charge in [-0.2, -0.15) is 0 Å². The fraction of sp³-hybridized carbons (Fsp3) is 0.0769. The topological polar surface area (TPSA) is 26.0 Å². The number of nitrogens with two attached hydrogens (primary N) is 1.